The van der Waals surface area contributed by atoms with E-state index in [0.29, 0.717) is 10.8 Å². The minimum absolute atomic E-state index is 0.558. The first kappa shape index (κ1) is 9.06. The fraction of sp³-hybridized carbons (Fsp3) is 0.0909. The summed E-state index contributed by atoms with van der Waals surface area (Å²) in [6.07, 6.45) is -4.27. The van der Waals surface area contributed by atoms with Crippen LogP contribution in [0.5, 0.6) is 0 Å². The van der Waals surface area contributed by atoms with Crippen LogP contribution in [0.15, 0.2) is 36.4 Å². The lowest BCUT2D eigenvalue weighted by Gasteiger charge is -2.06. The number of hydrogen-bond acceptors (Lipinski definition) is 0. The summed E-state index contributed by atoms with van der Waals surface area (Å²) in [5.41, 5.74) is -0.621. The van der Waals surface area contributed by atoms with Gasteiger partial charge in [0.05, 0.1) is 5.56 Å². The van der Waals surface area contributed by atoms with Crippen molar-refractivity contribution in [3.8, 4) is 0 Å². The van der Waals surface area contributed by atoms with Crippen LogP contribution in [0.2, 0.25) is 0 Å². The van der Waals surface area contributed by atoms with Gasteiger partial charge in [0, 0.05) is 0 Å². The monoisotopic (exact) mass is 195 g/mol. The molecule has 14 heavy (non-hydrogen) atoms. The molecule has 0 nitrogen and oxygen atoms in total. The van der Waals surface area contributed by atoms with Crippen molar-refractivity contribution in [3.63, 3.8) is 0 Å². The number of benzene rings is 2. The summed E-state index contributed by atoms with van der Waals surface area (Å²) in [7, 11) is 0. The Morgan fingerprint density at radius 2 is 1.86 bits per heavy atom. The minimum atomic E-state index is -4.27. The summed E-state index contributed by atoms with van der Waals surface area (Å²) in [4.78, 5) is 0. The molecule has 0 unspecified atom stereocenters. The Morgan fingerprint density at radius 1 is 1.07 bits per heavy atom. The third-order valence-electron chi connectivity index (χ3n) is 1.99. The van der Waals surface area contributed by atoms with Crippen LogP contribution in [0.4, 0.5) is 13.2 Å². The van der Waals surface area contributed by atoms with Crippen molar-refractivity contribution in [2.24, 2.45) is 0 Å². The van der Waals surface area contributed by atoms with Gasteiger partial charge in [0.2, 0.25) is 0 Å². The van der Waals surface area contributed by atoms with E-state index < -0.39 is 11.7 Å². The van der Waals surface area contributed by atoms with Gasteiger partial charge in [0.15, 0.2) is 0 Å². The van der Waals surface area contributed by atoms with Crippen LogP contribution in [0.25, 0.3) is 10.8 Å². The zero-order valence-corrected chi connectivity index (χ0v) is 7.10. The summed E-state index contributed by atoms with van der Waals surface area (Å²) in [6, 6.07) is 11.5. The molecule has 0 heterocycles. The molecule has 2 rings (SSSR count). The van der Waals surface area contributed by atoms with E-state index in [-0.39, 0.29) is 0 Å². The lowest BCUT2D eigenvalue weighted by atomic mass is 10.1. The molecule has 2 aromatic carbocycles. The minimum Gasteiger partial charge on any atom is -0.166 e. The molecular formula is C11H6F3. The SMILES string of the molecule is FC(F)(F)c1ccc2[c]cccc2c1. The first-order valence-corrected chi connectivity index (χ1v) is 4.05. The Bertz CT molecular complexity index is 457. The number of rotatable bonds is 0. The van der Waals surface area contributed by atoms with Crippen LogP contribution >= 0.6 is 0 Å². The van der Waals surface area contributed by atoms with Crippen LogP contribution in [-0.2, 0) is 6.18 Å². The first-order chi connectivity index (χ1) is 6.57. The van der Waals surface area contributed by atoms with Crippen LogP contribution < -0.4 is 0 Å². The maximum Gasteiger partial charge on any atom is 0.416 e. The van der Waals surface area contributed by atoms with E-state index in [1.807, 2.05) is 0 Å². The Labute approximate surface area is 79.0 Å². The molecule has 0 bridgehead atoms. The average molecular weight is 195 g/mol. The van der Waals surface area contributed by atoms with Gasteiger partial charge in [0.25, 0.3) is 0 Å². The first-order valence-electron chi connectivity index (χ1n) is 4.05. The number of hydrogen-bond donors (Lipinski definition) is 0. The molecule has 0 aliphatic heterocycles. The molecule has 2 aromatic rings. The lowest BCUT2D eigenvalue weighted by molar-refractivity contribution is -0.137. The van der Waals surface area contributed by atoms with E-state index in [9.17, 15) is 13.2 Å². The van der Waals surface area contributed by atoms with E-state index in [2.05, 4.69) is 6.07 Å². The van der Waals surface area contributed by atoms with Crippen molar-refractivity contribution in [1.29, 1.82) is 0 Å². The third-order valence-corrected chi connectivity index (χ3v) is 1.99. The topological polar surface area (TPSA) is 0 Å². The Balaban J connectivity index is 2.63. The normalized spacial score (nSPS) is 11.9. The standard InChI is InChI=1S/C11H6F3/c12-11(13,14)10-6-5-8-3-1-2-4-9(8)7-10/h1-2,4-7H. The van der Waals surface area contributed by atoms with Gasteiger partial charge in [-0.2, -0.15) is 13.2 Å². The van der Waals surface area contributed by atoms with E-state index in [0.717, 1.165) is 12.1 Å². The average Bonchev–Trinajstić information content (AvgIpc) is 2.16. The van der Waals surface area contributed by atoms with Crippen LogP contribution in [0.1, 0.15) is 5.56 Å². The second kappa shape index (κ2) is 3.01. The highest BCUT2D eigenvalue weighted by Gasteiger charge is 2.30. The van der Waals surface area contributed by atoms with Gasteiger partial charge in [-0.25, -0.2) is 0 Å². The zero-order chi connectivity index (χ0) is 10.2. The molecule has 71 valence electrons. The van der Waals surface area contributed by atoms with Crippen molar-refractivity contribution in [1.82, 2.24) is 0 Å². The van der Waals surface area contributed by atoms with E-state index >= 15 is 0 Å². The molecule has 0 saturated carbocycles. The van der Waals surface area contributed by atoms with Crippen molar-refractivity contribution < 1.29 is 13.2 Å². The number of fused-ring (bicyclic) bond motifs is 1. The highest BCUT2D eigenvalue weighted by atomic mass is 19.4. The Morgan fingerprint density at radius 3 is 2.57 bits per heavy atom. The molecule has 0 aliphatic rings. The molecule has 1 radical (unpaired) electrons. The Kier molecular flexibility index (Phi) is 1.95. The fourth-order valence-corrected chi connectivity index (χ4v) is 1.30. The molecule has 0 fully saturated rings. The lowest BCUT2D eigenvalue weighted by Crippen LogP contribution is -2.04. The summed E-state index contributed by atoms with van der Waals surface area (Å²) < 4.78 is 36.9. The highest BCUT2D eigenvalue weighted by molar-refractivity contribution is 5.82. The van der Waals surface area contributed by atoms with Crippen LogP contribution in [-0.4, -0.2) is 0 Å². The largest absolute Gasteiger partial charge is 0.416 e. The molecule has 0 aromatic heterocycles. The molecule has 0 aliphatic carbocycles. The van der Waals surface area contributed by atoms with E-state index in [1.165, 1.54) is 6.07 Å². The van der Waals surface area contributed by atoms with E-state index in [1.54, 1.807) is 18.2 Å². The molecule has 0 atom stereocenters. The number of alkyl halides is 3. The van der Waals surface area contributed by atoms with Gasteiger partial charge in [-0.05, 0) is 29.0 Å². The third kappa shape index (κ3) is 1.58. The molecule has 3 heteroatoms. The summed E-state index contributed by atoms with van der Waals surface area (Å²) in [6.45, 7) is 0. The maximum atomic E-state index is 12.3. The highest BCUT2D eigenvalue weighted by Crippen LogP contribution is 2.31. The zero-order valence-electron chi connectivity index (χ0n) is 7.10. The molecule has 0 amide bonds. The van der Waals surface area contributed by atoms with Crippen LogP contribution in [0.3, 0.4) is 0 Å². The summed E-state index contributed by atoms with van der Waals surface area (Å²) in [5.74, 6) is 0. The fourth-order valence-electron chi connectivity index (χ4n) is 1.30. The quantitative estimate of drug-likeness (QED) is 0.601. The smallest absolute Gasteiger partial charge is 0.166 e. The molecule has 0 saturated heterocycles. The van der Waals surface area contributed by atoms with Gasteiger partial charge in [0.1, 0.15) is 0 Å². The van der Waals surface area contributed by atoms with Crippen molar-refractivity contribution in [3.05, 3.63) is 48.0 Å². The van der Waals surface area contributed by atoms with Gasteiger partial charge in [-0.15, -0.1) is 0 Å². The van der Waals surface area contributed by atoms with Crippen molar-refractivity contribution in [2.45, 2.75) is 6.18 Å². The predicted molar refractivity (Wildman–Crippen MR) is 47.8 cm³/mol. The van der Waals surface area contributed by atoms with Crippen molar-refractivity contribution >= 4 is 10.8 Å². The maximum absolute atomic E-state index is 12.3. The second-order valence-corrected chi connectivity index (χ2v) is 2.97. The van der Waals surface area contributed by atoms with E-state index in [4.69, 9.17) is 0 Å². The predicted octanol–water partition coefficient (Wildman–Crippen LogP) is 3.66. The number of halogens is 3. The molecule has 0 spiro atoms. The van der Waals surface area contributed by atoms with Crippen LogP contribution in [0, 0.1) is 6.07 Å². The van der Waals surface area contributed by atoms with Crippen molar-refractivity contribution in [2.75, 3.05) is 0 Å². The summed E-state index contributed by atoms with van der Waals surface area (Å²) >= 11 is 0. The summed E-state index contributed by atoms with van der Waals surface area (Å²) in [5, 5.41) is 1.25. The Hall–Kier alpha value is -1.51. The molecular weight excluding hydrogens is 189 g/mol. The van der Waals surface area contributed by atoms with Gasteiger partial charge >= 0.3 is 6.18 Å². The van der Waals surface area contributed by atoms with Gasteiger partial charge in [-0.1, -0.05) is 24.3 Å². The molecule has 0 N–H and O–H groups in total. The second-order valence-electron chi connectivity index (χ2n) is 2.97. The van der Waals surface area contributed by atoms with Gasteiger partial charge < -0.3 is 0 Å². The van der Waals surface area contributed by atoms with Gasteiger partial charge in [-0.3, -0.25) is 0 Å².